The van der Waals surface area contributed by atoms with E-state index in [2.05, 4.69) is 10.1 Å². The lowest BCUT2D eigenvalue weighted by molar-refractivity contribution is 0.325. The molecule has 1 aromatic heterocycles. The highest BCUT2D eigenvalue weighted by Crippen LogP contribution is 2.26. The van der Waals surface area contributed by atoms with Crippen molar-refractivity contribution >= 4 is 0 Å². The van der Waals surface area contributed by atoms with E-state index < -0.39 is 5.82 Å². The van der Waals surface area contributed by atoms with Gasteiger partial charge in [0.05, 0.1) is 13.2 Å². The fourth-order valence-electron chi connectivity index (χ4n) is 1.57. The third-order valence-electron chi connectivity index (χ3n) is 2.85. The number of methoxy groups -OCH3 is 1. The number of aromatic nitrogens is 2. The molecule has 2 aromatic rings. The summed E-state index contributed by atoms with van der Waals surface area (Å²) < 4.78 is 23.4. The van der Waals surface area contributed by atoms with Crippen LogP contribution in [0.4, 0.5) is 4.39 Å². The molecular weight excluding hydrogens is 249 g/mol. The highest BCUT2D eigenvalue weighted by Gasteiger charge is 2.19. The smallest absolute Gasteiger partial charge is 0.244 e. The van der Waals surface area contributed by atoms with Crippen LogP contribution >= 0.6 is 0 Å². The van der Waals surface area contributed by atoms with Gasteiger partial charge < -0.3 is 15.0 Å². The van der Waals surface area contributed by atoms with E-state index in [1.54, 1.807) is 6.07 Å². The first-order chi connectivity index (χ1) is 9.02. The Hall–Kier alpha value is -1.95. The molecule has 0 aliphatic heterocycles. The maximum atomic E-state index is 13.3. The van der Waals surface area contributed by atoms with Gasteiger partial charge in [0, 0.05) is 5.56 Å². The van der Waals surface area contributed by atoms with Crippen LogP contribution in [0.3, 0.4) is 0 Å². The molecule has 1 atom stereocenters. The minimum Gasteiger partial charge on any atom is -0.494 e. The molecule has 1 unspecified atom stereocenters. The maximum Gasteiger partial charge on any atom is 0.244 e. The lowest BCUT2D eigenvalue weighted by Gasteiger charge is -2.09. The first-order valence-corrected chi connectivity index (χ1v) is 5.96. The highest BCUT2D eigenvalue weighted by atomic mass is 19.1. The molecule has 19 heavy (non-hydrogen) atoms. The van der Waals surface area contributed by atoms with Crippen molar-refractivity contribution in [2.24, 2.45) is 11.7 Å². The quantitative estimate of drug-likeness (QED) is 0.919. The summed E-state index contributed by atoms with van der Waals surface area (Å²) in [4.78, 5) is 4.23. The molecule has 0 spiro atoms. The zero-order valence-corrected chi connectivity index (χ0v) is 11.1. The van der Waals surface area contributed by atoms with Crippen molar-refractivity contribution in [3.8, 4) is 17.1 Å². The summed E-state index contributed by atoms with van der Waals surface area (Å²) >= 11 is 0. The number of rotatable bonds is 4. The van der Waals surface area contributed by atoms with Crippen molar-refractivity contribution in [1.29, 1.82) is 0 Å². The summed E-state index contributed by atoms with van der Waals surface area (Å²) in [5.74, 6) is 0.625. The van der Waals surface area contributed by atoms with Crippen LogP contribution in [0.25, 0.3) is 11.4 Å². The molecule has 0 aliphatic carbocycles. The van der Waals surface area contributed by atoms with Crippen molar-refractivity contribution in [2.75, 3.05) is 7.11 Å². The van der Waals surface area contributed by atoms with Gasteiger partial charge in [0.2, 0.25) is 11.7 Å². The largest absolute Gasteiger partial charge is 0.494 e. The van der Waals surface area contributed by atoms with Gasteiger partial charge in [-0.25, -0.2) is 4.39 Å². The molecule has 0 fully saturated rings. The van der Waals surface area contributed by atoms with Crippen LogP contribution in [0.1, 0.15) is 25.8 Å². The summed E-state index contributed by atoms with van der Waals surface area (Å²) in [5, 5.41) is 3.85. The number of halogens is 1. The summed E-state index contributed by atoms with van der Waals surface area (Å²) in [7, 11) is 1.40. The number of nitrogens with two attached hydrogens (primary N) is 1. The number of hydrogen-bond donors (Lipinski definition) is 1. The van der Waals surface area contributed by atoms with Crippen LogP contribution in [0.15, 0.2) is 22.7 Å². The van der Waals surface area contributed by atoms with Crippen molar-refractivity contribution in [1.82, 2.24) is 10.1 Å². The molecule has 5 nitrogen and oxygen atoms in total. The van der Waals surface area contributed by atoms with Gasteiger partial charge in [0.25, 0.3) is 0 Å². The Morgan fingerprint density at radius 1 is 1.37 bits per heavy atom. The van der Waals surface area contributed by atoms with E-state index in [0.717, 1.165) is 0 Å². The van der Waals surface area contributed by atoms with E-state index >= 15 is 0 Å². The van der Waals surface area contributed by atoms with Crippen molar-refractivity contribution in [3.63, 3.8) is 0 Å². The number of hydrogen-bond acceptors (Lipinski definition) is 5. The fourth-order valence-corrected chi connectivity index (χ4v) is 1.57. The minimum absolute atomic E-state index is 0.136. The first kappa shape index (κ1) is 13.5. The van der Waals surface area contributed by atoms with Crippen LogP contribution in [-0.2, 0) is 0 Å². The summed E-state index contributed by atoms with van der Waals surface area (Å²) in [6.45, 7) is 3.94. The van der Waals surface area contributed by atoms with Gasteiger partial charge in [0.15, 0.2) is 11.6 Å². The Balaban J connectivity index is 2.32. The molecule has 0 radical (unpaired) electrons. The average molecular weight is 265 g/mol. The third-order valence-corrected chi connectivity index (χ3v) is 2.85. The second kappa shape index (κ2) is 5.36. The van der Waals surface area contributed by atoms with Gasteiger partial charge in [-0.3, -0.25) is 0 Å². The van der Waals surface area contributed by atoms with E-state index in [-0.39, 0.29) is 17.7 Å². The Labute approximate surface area is 110 Å². The normalized spacial score (nSPS) is 12.7. The number of benzene rings is 1. The van der Waals surface area contributed by atoms with E-state index in [4.69, 9.17) is 15.0 Å². The van der Waals surface area contributed by atoms with Gasteiger partial charge in [-0.2, -0.15) is 4.98 Å². The molecule has 0 amide bonds. The summed E-state index contributed by atoms with van der Waals surface area (Å²) in [6, 6.07) is 4.06. The van der Waals surface area contributed by atoms with E-state index in [1.165, 1.54) is 19.2 Å². The SMILES string of the molecule is COc1cc(-c2noc(C(N)C(C)C)n2)ccc1F. The van der Waals surface area contributed by atoms with Gasteiger partial charge in [0.1, 0.15) is 0 Å². The third kappa shape index (κ3) is 2.73. The Bertz CT molecular complexity index is 569. The average Bonchev–Trinajstić information content (AvgIpc) is 2.87. The Morgan fingerprint density at radius 3 is 2.74 bits per heavy atom. The number of ether oxygens (including phenoxy) is 1. The molecule has 6 heteroatoms. The van der Waals surface area contributed by atoms with Crippen LogP contribution < -0.4 is 10.5 Å². The number of nitrogens with zero attached hydrogens (tertiary/aromatic N) is 2. The van der Waals surface area contributed by atoms with Crippen molar-refractivity contribution in [2.45, 2.75) is 19.9 Å². The zero-order valence-electron chi connectivity index (χ0n) is 11.1. The molecule has 0 saturated carbocycles. The molecule has 0 bridgehead atoms. The second-order valence-corrected chi connectivity index (χ2v) is 4.58. The monoisotopic (exact) mass is 265 g/mol. The lowest BCUT2D eigenvalue weighted by Crippen LogP contribution is -2.16. The summed E-state index contributed by atoms with van der Waals surface area (Å²) in [6.07, 6.45) is 0. The van der Waals surface area contributed by atoms with E-state index in [1.807, 2.05) is 13.8 Å². The molecule has 0 aliphatic rings. The van der Waals surface area contributed by atoms with E-state index in [0.29, 0.717) is 17.3 Å². The molecule has 0 saturated heterocycles. The molecule has 1 aromatic carbocycles. The van der Waals surface area contributed by atoms with Crippen LogP contribution in [0.5, 0.6) is 5.75 Å². The second-order valence-electron chi connectivity index (χ2n) is 4.58. The van der Waals surface area contributed by atoms with Gasteiger partial charge in [-0.05, 0) is 24.1 Å². The lowest BCUT2D eigenvalue weighted by atomic mass is 10.1. The van der Waals surface area contributed by atoms with Gasteiger partial charge in [-0.1, -0.05) is 19.0 Å². The minimum atomic E-state index is -0.436. The molecule has 2 N–H and O–H groups in total. The molecule has 102 valence electrons. The Kier molecular flexibility index (Phi) is 3.80. The van der Waals surface area contributed by atoms with Crippen LogP contribution in [0, 0.1) is 11.7 Å². The van der Waals surface area contributed by atoms with E-state index in [9.17, 15) is 4.39 Å². The van der Waals surface area contributed by atoms with Gasteiger partial charge >= 0.3 is 0 Å². The standard InChI is InChI=1S/C13H16FN3O2/c1-7(2)11(15)13-16-12(17-19-13)8-4-5-9(14)10(6-8)18-3/h4-7,11H,15H2,1-3H3. The zero-order chi connectivity index (χ0) is 14.0. The van der Waals surface area contributed by atoms with Crippen molar-refractivity contribution in [3.05, 3.63) is 29.9 Å². The summed E-state index contributed by atoms with van der Waals surface area (Å²) in [5.41, 5.74) is 6.54. The molecule has 1 heterocycles. The predicted octanol–water partition coefficient (Wildman–Crippen LogP) is 2.54. The molecule has 2 rings (SSSR count). The van der Waals surface area contributed by atoms with Crippen LogP contribution in [-0.4, -0.2) is 17.3 Å². The first-order valence-electron chi connectivity index (χ1n) is 5.96. The fraction of sp³-hybridized carbons (Fsp3) is 0.385. The molecular formula is C13H16FN3O2. The highest BCUT2D eigenvalue weighted by molar-refractivity contribution is 5.57. The maximum absolute atomic E-state index is 13.3. The van der Waals surface area contributed by atoms with Crippen LogP contribution in [0.2, 0.25) is 0 Å². The van der Waals surface area contributed by atoms with Gasteiger partial charge in [-0.15, -0.1) is 0 Å². The predicted molar refractivity (Wildman–Crippen MR) is 68.0 cm³/mol. The Morgan fingerprint density at radius 2 is 2.11 bits per heavy atom. The topological polar surface area (TPSA) is 74.2 Å². The van der Waals surface area contributed by atoms with Crippen molar-refractivity contribution < 1.29 is 13.7 Å².